The van der Waals surface area contributed by atoms with Gasteiger partial charge in [0.2, 0.25) is 5.89 Å². The number of nitrogens with zero attached hydrogens (tertiary/aromatic N) is 2. The molecular weight excluding hydrogens is 228 g/mol. The van der Waals surface area contributed by atoms with Crippen LogP contribution in [-0.4, -0.2) is 34.7 Å². The van der Waals surface area contributed by atoms with Crippen molar-refractivity contribution in [1.29, 1.82) is 0 Å². The maximum Gasteiger partial charge on any atom is 0.208 e. The molecule has 4 nitrogen and oxygen atoms in total. The largest absolute Gasteiger partial charge is 0.444 e. The molecule has 0 saturated heterocycles. The average molecular weight is 252 g/mol. The molecule has 0 aliphatic heterocycles. The van der Waals surface area contributed by atoms with Crippen LogP contribution in [0.1, 0.15) is 45.3 Å². The Labute approximate surface area is 109 Å². The Morgan fingerprint density at radius 1 is 1.44 bits per heavy atom. The Morgan fingerprint density at radius 3 is 2.61 bits per heavy atom. The van der Waals surface area contributed by atoms with Crippen LogP contribution < -0.4 is 0 Å². The van der Waals surface area contributed by atoms with Crippen LogP contribution in [0.2, 0.25) is 0 Å². The molecule has 102 valence electrons. The second-order valence-corrected chi connectivity index (χ2v) is 6.56. The average Bonchev–Trinajstić information content (AvgIpc) is 2.63. The summed E-state index contributed by atoms with van der Waals surface area (Å²) in [6, 6.07) is 0. The second kappa shape index (κ2) is 5.02. The second-order valence-electron chi connectivity index (χ2n) is 6.56. The van der Waals surface area contributed by atoms with Gasteiger partial charge in [0.15, 0.2) is 0 Å². The number of oxazole rings is 1. The van der Waals surface area contributed by atoms with Crippen LogP contribution in [0, 0.1) is 5.92 Å². The molecule has 0 spiro atoms. The standard InChI is InChI=1S/C14H24N2O2/c1-14(2,3)12-7-15-13(18-12)9-16(4)8-10-5-11(17)6-10/h7,10-11,17H,5-6,8-9H2,1-4H3. The van der Waals surface area contributed by atoms with Gasteiger partial charge in [-0.25, -0.2) is 4.98 Å². The lowest BCUT2D eigenvalue weighted by atomic mass is 9.82. The molecule has 0 unspecified atom stereocenters. The van der Waals surface area contributed by atoms with Gasteiger partial charge in [0.05, 0.1) is 18.8 Å². The quantitative estimate of drug-likeness (QED) is 0.892. The van der Waals surface area contributed by atoms with Crippen molar-refractivity contribution in [3.05, 3.63) is 17.8 Å². The zero-order valence-corrected chi connectivity index (χ0v) is 11.8. The molecule has 1 aromatic heterocycles. The number of aliphatic hydroxyl groups is 1. The van der Waals surface area contributed by atoms with Gasteiger partial charge in [0, 0.05) is 12.0 Å². The van der Waals surface area contributed by atoms with Crippen LogP contribution in [0.5, 0.6) is 0 Å². The van der Waals surface area contributed by atoms with Crippen molar-refractivity contribution < 1.29 is 9.52 Å². The highest BCUT2D eigenvalue weighted by atomic mass is 16.4. The fourth-order valence-corrected chi connectivity index (χ4v) is 2.32. The molecule has 0 atom stereocenters. The molecule has 0 bridgehead atoms. The lowest BCUT2D eigenvalue weighted by Gasteiger charge is -2.34. The van der Waals surface area contributed by atoms with Crippen molar-refractivity contribution in [2.24, 2.45) is 5.92 Å². The lowest BCUT2D eigenvalue weighted by Crippen LogP contribution is -2.36. The van der Waals surface area contributed by atoms with Crippen LogP contribution >= 0.6 is 0 Å². The third kappa shape index (κ3) is 3.33. The normalized spacial score (nSPS) is 24.3. The van der Waals surface area contributed by atoms with E-state index < -0.39 is 0 Å². The monoisotopic (exact) mass is 252 g/mol. The van der Waals surface area contributed by atoms with Crippen LogP contribution in [0.3, 0.4) is 0 Å². The van der Waals surface area contributed by atoms with E-state index in [2.05, 4.69) is 37.7 Å². The van der Waals surface area contributed by atoms with E-state index in [0.29, 0.717) is 5.92 Å². The summed E-state index contributed by atoms with van der Waals surface area (Å²) in [5, 5.41) is 9.26. The third-order valence-corrected chi connectivity index (χ3v) is 3.48. The Hall–Kier alpha value is -0.870. The first-order valence-corrected chi connectivity index (χ1v) is 6.66. The summed E-state index contributed by atoms with van der Waals surface area (Å²) in [6.07, 6.45) is 3.63. The van der Waals surface area contributed by atoms with E-state index >= 15 is 0 Å². The minimum atomic E-state index is -0.0716. The first-order valence-electron chi connectivity index (χ1n) is 6.66. The Morgan fingerprint density at radius 2 is 2.11 bits per heavy atom. The predicted molar refractivity (Wildman–Crippen MR) is 70.3 cm³/mol. The fraction of sp³-hybridized carbons (Fsp3) is 0.786. The molecule has 2 rings (SSSR count). The number of hydrogen-bond acceptors (Lipinski definition) is 4. The summed E-state index contributed by atoms with van der Waals surface area (Å²) < 4.78 is 5.77. The van der Waals surface area contributed by atoms with Crippen LogP contribution in [0.15, 0.2) is 10.6 Å². The molecule has 4 heteroatoms. The lowest BCUT2D eigenvalue weighted by molar-refractivity contribution is 0.0263. The van der Waals surface area contributed by atoms with Gasteiger partial charge >= 0.3 is 0 Å². The van der Waals surface area contributed by atoms with Crippen molar-refractivity contribution in [3.63, 3.8) is 0 Å². The minimum absolute atomic E-state index is 0.0158. The third-order valence-electron chi connectivity index (χ3n) is 3.48. The maximum absolute atomic E-state index is 9.26. The van der Waals surface area contributed by atoms with Crippen LogP contribution in [0.4, 0.5) is 0 Å². The molecule has 18 heavy (non-hydrogen) atoms. The number of aromatic nitrogens is 1. The van der Waals surface area contributed by atoms with Gasteiger partial charge < -0.3 is 9.52 Å². The van der Waals surface area contributed by atoms with Gasteiger partial charge in [-0.05, 0) is 25.8 Å². The molecule has 1 aromatic rings. The van der Waals surface area contributed by atoms with Crippen molar-refractivity contribution in [2.45, 2.75) is 51.7 Å². The molecule has 1 heterocycles. The molecule has 0 radical (unpaired) electrons. The molecule has 0 amide bonds. The van der Waals surface area contributed by atoms with E-state index in [1.165, 1.54) is 0 Å². The zero-order chi connectivity index (χ0) is 13.3. The highest BCUT2D eigenvalue weighted by Gasteiger charge is 2.28. The van der Waals surface area contributed by atoms with Gasteiger partial charge in [-0.3, -0.25) is 4.90 Å². The van der Waals surface area contributed by atoms with Crippen LogP contribution in [0.25, 0.3) is 0 Å². The Bertz CT molecular complexity index is 389. The van der Waals surface area contributed by atoms with Crippen LogP contribution in [-0.2, 0) is 12.0 Å². The van der Waals surface area contributed by atoms with Gasteiger partial charge in [0.25, 0.3) is 0 Å². The first-order chi connectivity index (χ1) is 8.34. The number of hydrogen-bond donors (Lipinski definition) is 1. The SMILES string of the molecule is CN(Cc1ncc(C(C)(C)C)o1)CC1CC(O)C1. The first kappa shape index (κ1) is 13.6. The van der Waals surface area contributed by atoms with Crippen molar-refractivity contribution in [1.82, 2.24) is 9.88 Å². The highest BCUT2D eigenvalue weighted by Crippen LogP contribution is 2.28. The fourth-order valence-electron chi connectivity index (χ4n) is 2.32. The van der Waals surface area contributed by atoms with E-state index in [1.54, 1.807) is 0 Å². The Kier molecular flexibility index (Phi) is 3.78. The van der Waals surface area contributed by atoms with Gasteiger partial charge in [-0.15, -0.1) is 0 Å². The summed E-state index contributed by atoms with van der Waals surface area (Å²) in [6.45, 7) is 8.11. The topological polar surface area (TPSA) is 49.5 Å². The van der Waals surface area contributed by atoms with E-state index in [0.717, 1.165) is 37.6 Å². The molecule has 1 aliphatic rings. The molecular formula is C14H24N2O2. The van der Waals surface area contributed by atoms with Gasteiger partial charge in [0.1, 0.15) is 5.76 Å². The number of aliphatic hydroxyl groups excluding tert-OH is 1. The zero-order valence-electron chi connectivity index (χ0n) is 11.8. The van der Waals surface area contributed by atoms with E-state index in [4.69, 9.17) is 4.42 Å². The molecule has 1 saturated carbocycles. The van der Waals surface area contributed by atoms with Crippen molar-refractivity contribution in [2.75, 3.05) is 13.6 Å². The van der Waals surface area contributed by atoms with Crippen molar-refractivity contribution in [3.8, 4) is 0 Å². The van der Waals surface area contributed by atoms with E-state index in [1.807, 2.05) is 6.20 Å². The molecule has 1 fully saturated rings. The summed E-state index contributed by atoms with van der Waals surface area (Å²) in [7, 11) is 2.08. The smallest absolute Gasteiger partial charge is 0.208 e. The summed E-state index contributed by atoms with van der Waals surface area (Å²) in [5.74, 6) is 2.34. The molecule has 1 aliphatic carbocycles. The van der Waals surface area contributed by atoms with E-state index in [-0.39, 0.29) is 11.5 Å². The summed E-state index contributed by atoms with van der Waals surface area (Å²) >= 11 is 0. The molecule has 1 N–H and O–H groups in total. The predicted octanol–water partition coefficient (Wildman–Crippen LogP) is 2.17. The molecule has 0 aromatic carbocycles. The Balaban J connectivity index is 1.83. The summed E-state index contributed by atoms with van der Waals surface area (Å²) in [4.78, 5) is 6.55. The van der Waals surface area contributed by atoms with Crippen molar-refractivity contribution >= 4 is 0 Å². The minimum Gasteiger partial charge on any atom is -0.444 e. The van der Waals surface area contributed by atoms with Gasteiger partial charge in [-0.2, -0.15) is 0 Å². The maximum atomic E-state index is 9.26. The van der Waals surface area contributed by atoms with Gasteiger partial charge in [-0.1, -0.05) is 20.8 Å². The summed E-state index contributed by atoms with van der Waals surface area (Å²) in [5.41, 5.74) is 0.0158. The van der Waals surface area contributed by atoms with E-state index in [9.17, 15) is 5.11 Å². The number of rotatable bonds is 4. The highest BCUT2D eigenvalue weighted by molar-refractivity contribution is 5.05.